The topological polar surface area (TPSA) is 73.3 Å². The fraction of sp³-hybridized carbons (Fsp3) is 0.412. The molecular formula is C34H36F3N3O4. The van der Waals surface area contributed by atoms with Crippen molar-refractivity contribution in [1.82, 2.24) is 9.80 Å². The van der Waals surface area contributed by atoms with E-state index in [2.05, 4.69) is 16.7 Å². The molecule has 0 saturated carbocycles. The Kier molecular flexibility index (Phi) is 9.30. The van der Waals surface area contributed by atoms with E-state index in [0.29, 0.717) is 51.3 Å². The monoisotopic (exact) mass is 607 g/mol. The summed E-state index contributed by atoms with van der Waals surface area (Å²) in [5.41, 5.74) is -4.04. The largest absolute Gasteiger partial charge is 0.416 e. The van der Waals surface area contributed by atoms with Gasteiger partial charge in [0, 0.05) is 50.1 Å². The van der Waals surface area contributed by atoms with Crippen LogP contribution in [0.15, 0.2) is 54.6 Å². The van der Waals surface area contributed by atoms with E-state index in [4.69, 9.17) is 4.74 Å². The Morgan fingerprint density at radius 2 is 1.75 bits per heavy atom. The lowest BCUT2D eigenvalue weighted by atomic mass is 9.83. The summed E-state index contributed by atoms with van der Waals surface area (Å²) >= 11 is 0. The van der Waals surface area contributed by atoms with Gasteiger partial charge in [0.25, 0.3) is 5.91 Å². The van der Waals surface area contributed by atoms with Gasteiger partial charge in [-0.25, -0.2) is 0 Å². The molecule has 1 fully saturated rings. The number of carbonyl (C=O) groups is 2. The molecule has 3 aromatic rings. The van der Waals surface area contributed by atoms with Crippen LogP contribution in [0.1, 0.15) is 48.9 Å². The number of halogens is 3. The Labute approximate surface area is 255 Å². The summed E-state index contributed by atoms with van der Waals surface area (Å²) in [4.78, 5) is 31.6. The normalized spacial score (nSPS) is 18.5. The molecule has 2 aliphatic rings. The fourth-order valence-electron chi connectivity index (χ4n) is 5.92. The van der Waals surface area contributed by atoms with E-state index in [9.17, 15) is 27.9 Å². The zero-order chi connectivity index (χ0) is 31.5. The average Bonchev–Trinajstić information content (AvgIpc) is 3.25. The highest BCUT2D eigenvalue weighted by Gasteiger charge is 2.55. The first-order valence-corrected chi connectivity index (χ1v) is 14.9. The van der Waals surface area contributed by atoms with E-state index in [1.807, 2.05) is 26.0 Å². The first kappa shape index (κ1) is 31.5. The fourth-order valence-corrected chi connectivity index (χ4v) is 5.92. The van der Waals surface area contributed by atoms with Gasteiger partial charge in [0.05, 0.1) is 24.5 Å². The highest BCUT2D eigenvalue weighted by Crippen LogP contribution is 2.51. The predicted octanol–water partition coefficient (Wildman–Crippen LogP) is 4.77. The van der Waals surface area contributed by atoms with E-state index >= 15 is 0 Å². The van der Waals surface area contributed by atoms with Crippen LogP contribution in [-0.2, 0) is 26.1 Å². The minimum atomic E-state index is -4.88. The first-order chi connectivity index (χ1) is 21.1. The summed E-state index contributed by atoms with van der Waals surface area (Å²) in [6, 6.07) is 14.4. The van der Waals surface area contributed by atoms with Crippen molar-refractivity contribution in [2.75, 3.05) is 57.4 Å². The van der Waals surface area contributed by atoms with Gasteiger partial charge in [0.1, 0.15) is 0 Å². The summed E-state index contributed by atoms with van der Waals surface area (Å²) < 4.78 is 49.5. The lowest BCUT2D eigenvalue weighted by Gasteiger charge is -2.26. The second kappa shape index (κ2) is 13.0. The molecule has 5 rings (SSSR count). The van der Waals surface area contributed by atoms with Crippen LogP contribution in [0.5, 0.6) is 0 Å². The lowest BCUT2D eigenvalue weighted by molar-refractivity contribution is -0.142. The molecule has 0 aliphatic carbocycles. The number of alkyl halides is 3. The minimum absolute atomic E-state index is 0.0127. The van der Waals surface area contributed by atoms with Crippen LogP contribution in [0.25, 0.3) is 10.8 Å². The number of nitrogens with zero attached hydrogens (tertiary/aromatic N) is 3. The summed E-state index contributed by atoms with van der Waals surface area (Å²) in [5.74, 6) is 4.71. The van der Waals surface area contributed by atoms with Gasteiger partial charge >= 0.3 is 6.18 Å². The van der Waals surface area contributed by atoms with Gasteiger partial charge in [-0.15, -0.1) is 0 Å². The smallest absolute Gasteiger partial charge is 0.378 e. The number of hydrogen-bond acceptors (Lipinski definition) is 5. The molecule has 44 heavy (non-hydrogen) atoms. The number of benzene rings is 3. The molecule has 0 unspecified atom stereocenters. The van der Waals surface area contributed by atoms with Crippen LogP contribution in [0.4, 0.5) is 18.9 Å². The molecule has 1 atom stereocenters. The number of likely N-dealkylation sites (N-methyl/N-ethyl adjacent to an activating group) is 1. The molecule has 0 radical (unpaired) electrons. The van der Waals surface area contributed by atoms with Gasteiger partial charge in [-0.2, -0.15) is 13.2 Å². The molecular weight excluding hydrogens is 571 g/mol. The summed E-state index contributed by atoms with van der Waals surface area (Å²) in [6.45, 7) is 7.78. The van der Waals surface area contributed by atoms with Crippen molar-refractivity contribution in [2.24, 2.45) is 0 Å². The van der Waals surface area contributed by atoms with Gasteiger partial charge in [-0.1, -0.05) is 62.1 Å². The van der Waals surface area contributed by atoms with Gasteiger partial charge in [0.2, 0.25) is 5.91 Å². The van der Waals surface area contributed by atoms with Crippen molar-refractivity contribution in [3.05, 3.63) is 76.9 Å². The third-order valence-electron chi connectivity index (χ3n) is 8.39. The van der Waals surface area contributed by atoms with Gasteiger partial charge in [-0.3, -0.25) is 9.59 Å². The molecule has 10 heteroatoms. The van der Waals surface area contributed by atoms with Crippen LogP contribution in [-0.4, -0.2) is 79.2 Å². The molecule has 0 spiro atoms. The number of aliphatic hydroxyl groups is 1. The second-order valence-corrected chi connectivity index (χ2v) is 11.0. The van der Waals surface area contributed by atoms with E-state index in [-0.39, 0.29) is 42.1 Å². The maximum absolute atomic E-state index is 14.8. The van der Waals surface area contributed by atoms with Gasteiger partial charge < -0.3 is 24.5 Å². The lowest BCUT2D eigenvalue weighted by Crippen LogP contribution is -2.44. The Morgan fingerprint density at radius 3 is 2.43 bits per heavy atom. The van der Waals surface area contributed by atoms with Crippen molar-refractivity contribution < 1.29 is 32.6 Å². The Balaban J connectivity index is 1.57. The van der Waals surface area contributed by atoms with Crippen LogP contribution in [0.3, 0.4) is 0 Å². The molecule has 2 aliphatic heterocycles. The number of ether oxygens (including phenoxy) is 1. The number of hydrogen-bond donors (Lipinski definition) is 1. The van der Waals surface area contributed by atoms with Gasteiger partial charge in [0.15, 0.2) is 5.60 Å². The molecule has 7 nitrogen and oxygen atoms in total. The SMILES string of the molecule is CCN(CC)CCN1C(=O)[C@@](O)(c2ccc3ccccc3c2)c2c1cc(C#CCCC(=O)N1CCOCC1)cc2C(F)(F)F. The summed E-state index contributed by atoms with van der Waals surface area (Å²) in [6.07, 6.45) is -4.57. The second-order valence-electron chi connectivity index (χ2n) is 11.0. The molecule has 232 valence electrons. The zero-order valence-electron chi connectivity index (χ0n) is 24.9. The van der Waals surface area contributed by atoms with E-state index in [1.165, 1.54) is 17.0 Å². The number of rotatable bonds is 8. The molecule has 0 bridgehead atoms. The van der Waals surface area contributed by atoms with Crippen molar-refractivity contribution in [3.8, 4) is 11.8 Å². The first-order valence-electron chi connectivity index (χ1n) is 14.9. The number of morpholine rings is 1. The minimum Gasteiger partial charge on any atom is -0.378 e. The third-order valence-corrected chi connectivity index (χ3v) is 8.39. The Morgan fingerprint density at radius 1 is 1.05 bits per heavy atom. The van der Waals surface area contributed by atoms with Gasteiger partial charge in [-0.05, 0) is 47.6 Å². The van der Waals surface area contributed by atoms with E-state index in [1.54, 1.807) is 29.2 Å². The van der Waals surface area contributed by atoms with Crippen LogP contribution < -0.4 is 4.90 Å². The van der Waals surface area contributed by atoms with E-state index < -0.39 is 28.8 Å². The molecule has 0 aromatic heterocycles. The number of amides is 2. The molecule has 1 N–H and O–H groups in total. The van der Waals surface area contributed by atoms with Crippen LogP contribution >= 0.6 is 0 Å². The standard InChI is InChI=1S/C34H36F3N3O4/c1-3-38(4-2)15-16-40-29-22-24(9-5-8-12-30(41)39-17-19-44-20-18-39)21-28(34(35,36)37)31(29)33(43,32(40)42)27-14-13-25-10-6-7-11-26(25)23-27/h6-7,10-11,13-14,21-23,43H,3-4,8,12,15-20H2,1-2H3/t33-/m1/s1. The quantitative estimate of drug-likeness (QED) is 0.374. The van der Waals surface area contributed by atoms with Crippen molar-refractivity contribution in [3.63, 3.8) is 0 Å². The maximum atomic E-state index is 14.8. The molecule has 2 amide bonds. The number of carbonyl (C=O) groups excluding carboxylic acids is 2. The van der Waals surface area contributed by atoms with Crippen molar-refractivity contribution in [2.45, 2.75) is 38.5 Å². The summed E-state index contributed by atoms with van der Waals surface area (Å²) in [5, 5.41) is 13.7. The predicted molar refractivity (Wildman–Crippen MR) is 162 cm³/mol. The highest BCUT2D eigenvalue weighted by molar-refractivity contribution is 6.10. The highest BCUT2D eigenvalue weighted by atomic mass is 19.4. The Hall–Kier alpha value is -3.91. The van der Waals surface area contributed by atoms with E-state index in [0.717, 1.165) is 11.5 Å². The molecule has 1 saturated heterocycles. The number of anilines is 1. The van der Waals surface area contributed by atoms with Crippen molar-refractivity contribution in [1.29, 1.82) is 0 Å². The van der Waals surface area contributed by atoms with Crippen molar-refractivity contribution >= 4 is 28.3 Å². The summed E-state index contributed by atoms with van der Waals surface area (Å²) in [7, 11) is 0. The molecule has 3 aromatic carbocycles. The maximum Gasteiger partial charge on any atom is 0.416 e. The zero-order valence-corrected chi connectivity index (χ0v) is 24.9. The van der Waals surface area contributed by atoms with Crippen LogP contribution in [0, 0.1) is 11.8 Å². The molecule has 2 heterocycles. The average molecular weight is 608 g/mol. The Bertz CT molecular complexity index is 1600. The third kappa shape index (κ3) is 6.18. The number of fused-ring (bicyclic) bond motifs is 2. The van der Waals surface area contributed by atoms with Crippen LogP contribution in [0.2, 0.25) is 0 Å².